The number of hydrogen-bond donors (Lipinski definition) is 2. The fourth-order valence-electron chi connectivity index (χ4n) is 2.58. The van der Waals surface area contributed by atoms with Crippen LogP contribution in [0.2, 0.25) is 0 Å². The van der Waals surface area contributed by atoms with Crippen molar-refractivity contribution < 1.29 is 9.84 Å². The average molecular weight is 199 g/mol. The Morgan fingerprint density at radius 1 is 1.21 bits per heavy atom. The van der Waals surface area contributed by atoms with E-state index in [1.807, 2.05) is 0 Å². The molecular formula is C11H21NO2. The molecule has 3 nitrogen and oxygen atoms in total. The Morgan fingerprint density at radius 3 is 2.64 bits per heavy atom. The van der Waals surface area contributed by atoms with Gasteiger partial charge in [-0.05, 0) is 18.8 Å². The minimum Gasteiger partial charge on any atom is -0.390 e. The molecule has 0 radical (unpaired) electrons. The molecule has 2 fully saturated rings. The van der Waals surface area contributed by atoms with E-state index >= 15 is 0 Å². The van der Waals surface area contributed by atoms with Crippen molar-refractivity contribution in [3.8, 4) is 0 Å². The molecule has 3 heteroatoms. The van der Waals surface area contributed by atoms with E-state index in [9.17, 15) is 5.11 Å². The van der Waals surface area contributed by atoms with Crippen LogP contribution in [0.1, 0.15) is 32.1 Å². The number of aliphatic hydroxyl groups excluding tert-OH is 1. The maximum atomic E-state index is 10.1. The summed E-state index contributed by atoms with van der Waals surface area (Å²) in [5, 5.41) is 13.4. The summed E-state index contributed by atoms with van der Waals surface area (Å²) in [7, 11) is 0. The van der Waals surface area contributed by atoms with Crippen molar-refractivity contribution in [1.82, 2.24) is 5.32 Å². The summed E-state index contributed by atoms with van der Waals surface area (Å²) in [6.07, 6.45) is 6.05. The second-order valence-corrected chi connectivity index (χ2v) is 4.50. The van der Waals surface area contributed by atoms with Crippen LogP contribution in [0.15, 0.2) is 0 Å². The van der Waals surface area contributed by atoms with Crippen LogP contribution in [0, 0.1) is 5.92 Å². The molecule has 2 atom stereocenters. The van der Waals surface area contributed by atoms with E-state index in [2.05, 4.69) is 5.32 Å². The van der Waals surface area contributed by atoms with Crippen LogP contribution >= 0.6 is 0 Å². The van der Waals surface area contributed by atoms with Crippen molar-refractivity contribution >= 4 is 0 Å². The van der Waals surface area contributed by atoms with Crippen molar-refractivity contribution in [3.05, 3.63) is 0 Å². The first kappa shape index (κ1) is 10.4. The zero-order chi connectivity index (χ0) is 9.80. The van der Waals surface area contributed by atoms with Crippen LogP contribution in [0.25, 0.3) is 0 Å². The van der Waals surface area contributed by atoms with Gasteiger partial charge in [-0.2, -0.15) is 0 Å². The molecule has 0 amide bonds. The van der Waals surface area contributed by atoms with Gasteiger partial charge in [0.15, 0.2) is 0 Å². The van der Waals surface area contributed by atoms with Gasteiger partial charge in [-0.15, -0.1) is 0 Å². The van der Waals surface area contributed by atoms with Crippen LogP contribution in [-0.4, -0.2) is 37.0 Å². The second-order valence-electron chi connectivity index (χ2n) is 4.50. The van der Waals surface area contributed by atoms with Gasteiger partial charge in [0.1, 0.15) is 0 Å². The van der Waals surface area contributed by atoms with Crippen molar-refractivity contribution in [1.29, 1.82) is 0 Å². The molecule has 1 heterocycles. The Hall–Kier alpha value is -0.120. The summed E-state index contributed by atoms with van der Waals surface area (Å²) in [5.74, 6) is 0.480. The Morgan fingerprint density at radius 2 is 2.00 bits per heavy atom. The summed E-state index contributed by atoms with van der Waals surface area (Å²) < 4.78 is 5.58. The molecular weight excluding hydrogens is 178 g/mol. The first-order chi connectivity index (χ1) is 6.88. The van der Waals surface area contributed by atoms with Crippen molar-refractivity contribution in [2.75, 3.05) is 19.7 Å². The second kappa shape index (κ2) is 5.10. The highest BCUT2D eigenvalue weighted by molar-refractivity contribution is 4.82. The summed E-state index contributed by atoms with van der Waals surface area (Å²) >= 11 is 0. The normalized spacial score (nSPS) is 32.8. The third kappa shape index (κ3) is 2.47. The molecule has 1 saturated heterocycles. The Bertz CT molecular complexity index is 145. The maximum Gasteiger partial charge on any atom is 0.0961 e. The van der Waals surface area contributed by atoms with Crippen LogP contribution in [-0.2, 0) is 4.74 Å². The molecule has 1 aliphatic heterocycles. The van der Waals surface area contributed by atoms with Crippen molar-refractivity contribution in [2.24, 2.45) is 5.92 Å². The highest BCUT2D eigenvalue weighted by Gasteiger charge is 2.30. The van der Waals surface area contributed by atoms with Crippen molar-refractivity contribution in [3.63, 3.8) is 0 Å². The summed E-state index contributed by atoms with van der Waals surface area (Å²) in [4.78, 5) is 0. The fraction of sp³-hybridized carbons (Fsp3) is 1.00. The third-order valence-electron chi connectivity index (χ3n) is 3.47. The van der Waals surface area contributed by atoms with Gasteiger partial charge in [0, 0.05) is 13.1 Å². The van der Waals surface area contributed by atoms with Crippen LogP contribution in [0.5, 0.6) is 0 Å². The molecule has 14 heavy (non-hydrogen) atoms. The molecule has 0 spiro atoms. The van der Waals surface area contributed by atoms with Gasteiger partial charge in [0.05, 0.1) is 18.8 Å². The van der Waals surface area contributed by atoms with Gasteiger partial charge in [0.25, 0.3) is 0 Å². The zero-order valence-electron chi connectivity index (χ0n) is 8.74. The molecule has 0 aromatic heterocycles. The number of nitrogens with one attached hydrogen (secondary N) is 1. The largest absolute Gasteiger partial charge is 0.390 e. The lowest BCUT2D eigenvalue weighted by Crippen LogP contribution is -2.48. The van der Waals surface area contributed by atoms with Crippen molar-refractivity contribution in [2.45, 2.75) is 44.3 Å². The average Bonchev–Trinajstić information content (AvgIpc) is 2.30. The Labute approximate surface area is 85.8 Å². The van der Waals surface area contributed by atoms with Gasteiger partial charge in [-0.3, -0.25) is 0 Å². The minimum atomic E-state index is -0.247. The monoisotopic (exact) mass is 199 g/mol. The molecule has 2 aliphatic rings. The lowest BCUT2D eigenvalue weighted by molar-refractivity contribution is -0.0799. The number of aliphatic hydroxyl groups is 1. The standard InChI is InChI=1S/C11H21NO2/c13-11(9-4-2-1-3-5-9)10-8-12-6-7-14-10/h9-13H,1-8H2. The lowest BCUT2D eigenvalue weighted by atomic mass is 9.83. The molecule has 82 valence electrons. The summed E-state index contributed by atoms with van der Waals surface area (Å²) in [5.41, 5.74) is 0. The predicted molar refractivity (Wildman–Crippen MR) is 55.2 cm³/mol. The van der Waals surface area contributed by atoms with Gasteiger partial charge >= 0.3 is 0 Å². The summed E-state index contributed by atoms with van der Waals surface area (Å²) in [6.45, 7) is 2.49. The lowest BCUT2D eigenvalue weighted by Gasteiger charge is -2.34. The number of rotatable bonds is 2. The molecule has 1 saturated carbocycles. The number of ether oxygens (including phenoxy) is 1. The van der Waals surface area contributed by atoms with Crippen LogP contribution < -0.4 is 5.32 Å². The molecule has 2 N–H and O–H groups in total. The highest BCUT2D eigenvalue weighted by Crippen LogP contribution is 2.28. The third-order valence-corrected chi connectivity index (χ3v) is 3.47. The SMILES string of the molecule is OC(C1CCCCC1)C1CNCCO1. The summed E-state index contributed by atoms with van der Waals surface area (Å²) in [6, 6.07) is 0. The van der Waals surface area contributed by atoms with Crippen LogP contribution in [0.4, 0.5) is 0 Å². The number of hydrogen-bond acceptors (Lipinski definition) is 3. The number of morpholine rings is 1. The Kier molecular flexibility index (Phi) is 3.79. The molecule has 0 aromatic carbocycles. The predicted octanol–water partition coefficient (Wildman–Crippen LogP) is 0.916. The molecule has 0 bridgehead atoms. The maximum absolute atomic E-state index is 10.1. The van der Waals surface area contributed by atoms with E-state index in [1.54, 1.807) is 0 Å². The molecule has 0 aromatic rings. The van der Waals surface area contributed by atoms with E-state index in [0.717, 1.165) is 19.7 Å². The quantitative estimate of drug-likeness (QED) is 0.695. The molecule has 2 unspecified atom stereocenters. The first-order valence-electron chi connectivity index (χ1n) is 5.88. The highest BCUT2D eigenvalue weighted by atomic mass is 16.5. The van der Waals surface area contributed by atoms with E-state index in [1.165, 1.54) is 32.1 Å². The van der Waals surface area contributed by atoms with Crippen LogP contribution in [0.3, 0.4) is 0 Å². The van der Waals surface area contributed by atoms with E-state index in [4.69, 9.17) is 4.74 Å². The smallest absolute Gasteiger partial charge is 0.0961 e. The van der Waals surface area contributed by atoms with E-state index < -0.39 is 0 Å². The van der Waals surface area contributed by atoms with Gasteiger partial charge in [-0.25, -0.2) is 0 Å². The fourth-order valence-corrected chi connectivity index (χ4v) is 2.58. The topological polar surface area (TPSA) is 41.5 Å². The zero-order valence-corrected chi connectivity index (χ0v) is 8.74. The van der Waals surface area contributed by atoms with Gasteiger partial charge in [0.2, 0.25) is 0 Å². The molecule has 2 rings (SSSR count). The molecule has 1 aliphatic carbocycles. The first-order valence-corrected chi connectivity index (χ1v) is 5.88. The Balaban J connectivity index is 1.82. The van der Waals surface area contributed by atoms with E-state index in [-0.39, 0.29) is 12.2 Å². The van der Waals surface area contributed by atoms with Gasteiger partial charge < -0.3 is 15.2 Å². The minimum absolute atomic E-state index is 0.0341. The van der Waals surface area contributed by atoms with E-state index in [0.29, 0.717) is 5.92 Å². The van der Waals surface area contributed by atoms with Gasteiger partial charge in [-0.1, -0.05) is 19.3 Å².